The highest BCUT2D eigenvalue weighted by molar-refractivity contribution is 9.10. The molecule has 1 aromatic carbocycles. The first-order valence-electron chi connectivity index (χ1n) is 5.01. The molecule has 0 fully saturated rings. The molecule has 0 saturated heterocycles. The zero-order valence-corrected chi connectivity index (χ0v) is 10.7. The maximum Gasteiger partial charge on any atom is 0.417 e. The Balaban J connectivity index is 3.17. The van der Waals surface area contributed by atoms with Gasteiger partial charge in [-0.3, -0.25) is 4.79 Å². The van der Waals surface area contributed by atoms with E-state index in [1.165, 1.54) is 12.1 Å². The van der Waals surface area contributed by atoms with E-state index in [4.69, 9.17) is 0 Å². The molecule has 0 aliphatic rings. The summed E-state index contributed by atoms with van der Waals surface area (Å²) in [6.45, 7) is 2.17. The van der Waals surface area contributed by atoms with Crippen LogP contribution in [0.15, 0.2) is 22.7 Å². The number of carbonyl (C=O) groups is 1. The molecule has 17 heavy (non-hydrogen) atoms. The Hall–Kier alpha value is -1.04. The van der Waals surface area contributed by atoms with Gasteiger partial charge in [-0.15, -0.1) is 0 Å². The van der Waals surface area contributed by atoms with Crippen LogP contribution in [0.2, 0.25) is 0 Å². The summed E-state index contributed by atoms with van der Waals surface area (Å²) in [4.78, 5) is 11.7. The van der Waals surface area contributed by atoms with Crippen LogP contribution < -0.4 is 5.32 Å². The molecule has 0 aliphatic carbocycles. The smallest absolute Gasteiger partial charge is 0.352 e. The van der Waals surface area contributed by atoms with E-state index in [0.717, 1.165) is 6.07 Å². The molecule has 6 heteroatoms. The van der Waals surface area contributed by atoms with Crippen LogP contribution in [0.4, 0.5) is 13.2 Å². The first-order chi connectivity index (χ1) is 7.88. The van der Waals surface area contributed by atoms with E-state index >= 15 is 0 Å². The SMILES string of the molecule is CCCNC(=O)c1c(Br)cccc1C(F)(F)F. The van der Waals surface area contributed by atoms with E-state index in [0.29, 0.717) is 13.0 Å². The molecule has 94 valence electrons. The van der Waals surface area contributed by atoms with Crippen molar-refractivity contribution in [3.8, 4) is 0 Å². The third-order valence-corrected chi connectivity index (χ3v) is 2.74. The van der Waals surface area contributed by atoms with Crippen molar-refractivity contribution in [1.29, 1.82) is 0 Å². The van der Waals surface area contributed by atoms with Gasteiger partial charge in [-0.05, 0) is 34.5 Å². The second-order valence-electron chi connectivity index (χ2n) is 3.42. The van der Waals surface area contributed by atoms with Crippen molar-refractivity contribution in [2.24, 2.45) is 0 Å². The van der Waals surface area contributed by atoms with Gasteiger partial charge in [-0.25, -0.2) is 0 Å². The first kappa shape index (κ1) is 14.0. The Morgan fingerprint density at radius 1 is 1.41 bits per heavy atom. The molecular formula is C11H11BrF3NO. The van der Waals surface area contributed by atoms with Crippen molar-refractivity contribution in [2.45, 2.75) is 19.5 Å². The Labute approximate surface area is 105 Å². The summed E-state index contributed by atoms with van der Waals surface area (Å²) in [5.41, 5.74) is -1.30. The third-order valence-electron chi connectivity index (χ3n) is 2.08. The van der Waals surface area contributed by atoms with Gasteiger partial charge in [0.25, 0.3) is 5.91 Å². The fourth-order valence-corrected chi connectivity index (χ4v) is 1.86. The number of hydrogen-bond donors (Lipinski definition) is 1. The molecule has 0 saturated carbocycles. The minimum atomic E-state index is -4.54. The predicted molar refractivity (Wildman–Crippen MR) is 61.8 cm³/mol. The largest absolute Gasteiger partial charge is 0.417 e. The lowest BCUT2D eigenvalue weighted by molar-refractivity contribution is -0.138. The molecule has 0 unspecified atom stereocenters. The van der Waals surface area contributed by atoms with Gasteiger partial charge >= 0.3 is 6.18 Å². The average molecular weight is 310 g/mol. The summed E-state index contributed by atoms with van der Waals surface area (Å²) in [7, 11) is 0. The van der Waals surface area contributed by atoms with Crippen LogP contribution in [0.1, 0.15) is 29.3 Å². The zero-order valence-electron chi connectivity index (χ0n) is 9.07. The van der Waals surface area contributed by atoms with E-state index in [1.54, 1.807) is 0 Å². The Morgan fingerprint density at radius 3 is 2.59 bits per heavy atom. The number of benzene rings is 1. The summed E-state index contributed by atoms with van der Waals surface area (Å²) in [5.74, 6) is -0.716. The van der Waals surface area contributed by atoms with Crippen molar-refractivity contribution in [3.63, 3.8) is 0 Å². The molecular weight excluding hydrogens is 299 g/mol. The molecule has 0 aliphatic heterocycles. The number of halogens is 4. The number of rotatable bonds is 3. The van der Waals surface area contributed by atoms with Crippen LogP contribution in [0.3, 0.4) is 0 Å². The van der Waals surface area contributed by atoms with Gasteiger partial charge in [0.15, 0.2) is 0 Å². The molecule has 0 radical (unpaired) electrons. The topological polar surface area (TPSA) is 29.1 Å². The molecule has 1 N–H and O–H groups in total. The summed E-state index contributed by atoms with van der Waals surface area (Å²) < 4.78 is 38.3. The maximum absolute atomic E-state index is 12.7. The predicted octanol–water partition coefficient (Wildman–Crippen LogP) is 3.61. The molecule has 0 spiro atoms. The number of nitrogens with one attached hydrogen (secondary N) is 1. The van der Waals surface area contributed by atoms with Crippen LogP contribution in [-0.2, 0) is 6.18 Å². The highest BCUT2D eigenvalue weighted by Gasteiger charge is 2.36. The fraction of sp³-hybridized carbons (Fsp3) is 0.364. The molecule has 0 bridgehead atoms. The Kier molecular flexibility index (Phi) is 4.56. The summed E-state index contributed by atoms with van der Waals surface area (Å²) in [5, 5.41) is 2.43. The van der Waals surface area contributed by atoms with Gasteiger partial charge in [0.05, 0.1) is 11.1 Å². The van der Waals surface area contributed by atoms with E-state index in [9.17, 15) is 18.0 Å². The van der Waals surface area contributed by atoms with Crippen molar-refractivity contribution < 1.29 is 18.0 Å². The molecule has 2 nitrogen and oxygen atoms in total. The van der Waals surface area contributed by atoms with E-state index in [1.807, 2.05) is 6.92 Å². The van der Waals surface area contributed by atoms with Crippen molar-refractivity contribution >= 4 is 21.8 Å². The molecule has 0 aromatic heterocycles. The van der Waals surface area contributed by atoms with Gasteiger partial charge < -0.3 is 5.32 Å². The van der Waals surface area contributed by atoms with Crippen molar-refractivity contribution in [3.05, 3.63) is 33.8 Å². The average Bonchev–Trinajstić information content (AvgIpc) is 2.24. The van der Waals surface area contributed by atoms with Gasteiger partial charge in [0.2, 0.25) is 0 Å². The maximum atomic E-state index is 12.7. The van der Waals surface area contributed by atoms with Crippen LogP contribution in [0, 0.1) is 0 Å². The van der Waals surface area contributed by atoms with Gasteiger partial charge in [-0.1, -0.05) is 13.0 Å². The van der Waals surface area contributed by atoms with E-state index in [2.05, 4.69) is 21.2 Å². The molecule has 1 rings (SSSR count). The lowest BCUT2D eigenvalue weighted by Crippen LogP contribution is -2.27. The number of alkyl halides is 3. The number of amides is 1. The fourth-order valence-electron chi connectivity index (χ4n) is 1.32. The molecule has 1 aromatic rings. The summed E-state index contributed by atoms with van der Waals surface area (Å²) in [6.07, 6.45) is -3.87. The monoisotopic (exact) mass is 309 g/mol. The summed E-state index contributed by atoms with van der Waals surface area (Å²) in [6, 6.07) is 3.56. The minimum absolute atomic E-state index is 0.140. The molecule has 0 atom stereocenters. The van der Waals surface area contributed by atoms with Crippen molar-refractivity contribution in [2.75, 3.05) is 6.54 Å². The second kappa shape index (κ2) is 5.53. The molecule has 0 heterocycles. The first-order valence-corrected chi connectivity index (χ1v) is 5.81. The van der Waals surface area contributed by atoms with E-state index in [-0.39, 0.29) is 10.0 Å². The van der Waals surface area contributed by atoms with Gasteiger partial charge in [-0.2, -0.15) is 13.2 Å². The highest BCUT2D eigenvalue weighted by atomic mass is 79.9. The normalized spacial score (nSPS) is 11.4. The van der Waals surface area contributed by atoms with Gasteiger partial charge in [0, 0.05) is 11.0 Å². The standard InChI is InChI=1S/C11H11BrF3NO/c1-2-6-16-10(17)9-7(11(13,14)15)4-3-5-8(9)12/h3-5H,2,6H2,1H3,(H,16,17). The minimum Gasteiger partial charge on any atom is -0.352 e. The quantitative estimate of drug-likeness (QED) is 0.908. The van der Waals surface area contributed by atoms with E-state index < -0.39 is 17.6 Å². The molecule has 1 amide bonds. The van der Waals surface area contributed by atoms with Crippen LogP contribution in [0.25, 0.3) is 0 Å². The third kappa shape index (κ3) is 3.46. The lowest BCUT2D eigenvalue weighted by atomic mass is 10.1. The highest BCUT2D eigenvalue weighted by Crippen LogP contribution is 2.34. The van der Waals surface area contributed by atoms with Gasteiger partial charge in [0.1, 0.15) is 0 Å². The lowest BCUT2D eigenvalue weighted by Gasteiger charge is -2.14. The van der Waals surface area contributed by atoms with Crippen LogP contribution in [0.5, 0.6) is 0 Å². The van der Waals surface area contributed by atoms with Crippen LogP contribution in [-0.4, -0.2) is 12.5 Å². The Bertz CT molecular complexity index is 418. The second-order valence-corrected chi connectivity index (χ2v) is 4.27. The number of carbonyl (C=O) groups excluding carboxylic acids is 1. The van der Waals surface area contributed by atoms with Crippen molar-refractivity contribution in [1.82, 2.24) is 5.32 Å². The zero-order chi connectivity index (χ0) is 13.1. The number of hydrogen-bond acceptors (Lipinski definition) is 1. The summed E-state index contributed by atoms with van der Waals surface area (Å²) >= 11 is 2.97. The van der Waals surface area contributed by atoms with Crippen LogP contribution >= 0.6 is 15.9 Å². The Morgan fingerprint density at radius 2 is 2.06 bits per heavy atom.